The first kappa shape index (κ1) is 44.7. The third-order valence-corrected chi connectivity index (χ3v) is 11.9. The van der Waals surface area contributed by atoms with Gasteiger partial charge in [0.1, 0.15) is 23.3 Å². The molecule has 0 bridgehead atoms. The number of hydrogen-bond acceptors (Lipinski definition) is 4. The molecule has 0 saturated heterocycles. The van der Waals surface area contributed by atoms with Crippen LogP contribution in [0.2, 0.25) is 0 Å². The normalized spacial score (nSPS) is 12.8. The molecule has 0 atom stereocenters. The summed E-state index contributed by atoms with van der Waals surface area (Å²) in [5.41, 5.74) is 9.71. The van der Waals surface area contributed by atoms with E-state index in [4.69, 9.17) is 9.72 Å². The largest absolute Gasteiger partial charge is 0.509 e. The summed E-state index contributed by atoms with van der Waals surface area (Å²) in [6.45, 7) is 19.1. The fourth-order valence-electron chi connectivity index (χ4n) is 8.78. The summed E-state index contributed by atoms with van der Waals surface area (Å²) in [6, 6.07) is 41.4. The van der Waals surface area contributed by atoms with Crippen molar-refractivity contribution in [1.82, 2.24) is 9.55 Å². The number of ether oxygens (including phenoxy) is 1. The first-order chi connectivity index (χ1) is 30.2. The van der Waals surface area contributed by atoms with Crippen molar-refractivity contribution < 1.29 is 39.0 Å². The van der Waals surface area contributed by atoms with E-state index >= 15 is 8.78 Å². The molecule has 6 aromatic carbocycles. The molecule has 8 aromatic rings. The molecule has 0 fully saturated rings. The van der Waals surface area contributed by atoms with E-state index in [9.17, 15) is 4.39 Å². The minimum atomic E-state index is -0.950. The van der Waals surface area contributed by atoms with E-state index in [-0.39, 0.29) is 43.9 Å². The van der Waals surface area contributed by atoms with Gasteiger partial charge in [0.2, 0.25) is 0 Å². The second-order valence-electron chi connectivity index (χ2n) is 18.1. The summed E-state index contributed by atoms with van der Waals surface area (Å²) in [4.78, 5) is 9.14. The average Bonchev–Trinajstić information content (AvgIpc) is 3.79. The third kappa shape index (κ3) is 8.22. The molecule has 0 aliphatic carbocycles. The molecule has 9 rings (SSSR count). The van der Waals surface area contributed by atoms with Gasteiger partial charge in [0.05, 0.1) is 5.56 Å². The van der Waals surface area contributed by atoms with Crippen LogP contribution in [-0.4, -0.2) is 9.55 Å². The number of benzene rings is 6. The van der Waals surface area contributed by atoms with Crippen LogP contribution in [0.1, 0.15) is 95.9 Å². The van der Waals surface area contributed by atoms with Crippen LogP contribution < -0.4 is 14.5 Å². The van der Waals surface area contributed by atoms with Gasteiger partial charge in [0.15, 0.2) is 0 Å². The SMILES string of the molecule is CCCc1cc(Oc2[c-]c3c(cc2)c2ccccc2n3-c2cc(C(C)(C)C)ccn2)[c-]c(N2[CH-]N(c3c(C(C)C)cc(-c4c(F)cc(F)cc4F)cc3C(C)C)c3ccccc32)c1.[Pt]. The Morgan fingerprint density at radius 2 is 1.38 bits per heavy atom. The number of rotatable bonds is 10. The van der Waals surface area contributed by atoms with Crippen molar-refractivity contribution in [1.29, 1.82) is 0 Å². The van der Waals surface area contributed by atoms with Crippen LogP contribution >= 0.6 is 0 Å². The number of hydrogen-bond donors (Lipinski definition) is 0. The van der Waals surface area contributed by atoms with E-state index in [0.717, 1.165) is 92.0 Å². The fourth-order valence-corrected chi connectivity index (χ4v) is 8.78. The number of anilines is 4. The predicted molar refractivity (Wildman–Crippen MR) is 250 cm³/mol. The Bertz CT molecular complexity index is 2990. The Morgan fingerprint density at radius 1 is 0.719 bits per heavy atom. The number of nitrogens with zero attached hydrogens (tertiary/aromatic N) is 4. The number of halogens is 3. The van der Waals surface area contributed by atoms with Crippen LogP contribution in [0.5, 0.6) is 11.5 Å². The minimum Gasteiger partial charge on any atom is -0.509 e. The summed E-state index contributed by atoms with van der Waals surface area (Å²) < 4.78 is 53.5. The average molecular weight is 1040 g/mol. The van der Waals surface area contributed by atoms with Gasteiger partial charge in [-0.3, -0.25) is 0 Å². The number of para-hydroxylation sites is 3. The van der Waals surface area contributed by atoms with Crippen molar-refractivity contribution in [3.8, 4) is 28.4 Å². The Morgan fingerprint density at radius 3 is 2.03 bits per heavy atom. The summed E-state index contributed by atoms with van der Waals surface area (Å²) in [6.07, 6.45) is 3.64. The van der Waals surface area contributed by atoms with Crippen molar-refractivity contribution in [3.63, 3.8) is 0 Å². The zero-order valence-corrected chi connectivity index (χ0v) is 39.5. The predicted octanol–water partition coefficient (Wildman–Crippen LogP) is 15.6. The summed E-state index contributed by atoms with van der Waals surface area (Å²) in [5.74, 6) is -0.932. The maximum atomic E-state index is 15.3. The van der Waals surface area contributed by atoms with Gasteiger partial charge >= 0.3 is 0 Å². The van der Waals surface area contributed by atoms with E-state index in [0.29, 0.717) is 17.1 Å². The van der Waals surface area contributed by atoms with Crippen LogP contribution in [0.4, 0.5) is 35.9 Å². The quantitative estimate of drug-likeness (QED) is 0.128. The Hall–Kier alpha value is -5.85. The molecule has 330 valence electrons. The van der Waals surface area contributed by atoms with Crippen LogP contribution in [0.3, 0.4) is 0 Å². The molecular weight excluding hydrogens is 985 g/mol. The van der Waals surface area contributed by atoms with Gasteiger partial charge < -0.3 is 19.1 Å². The monoisotopic (exact) mass is 1030 g/mol. The van der Waals surface area contributed by atoms with Crippen LogP contribution in [0, 0.1) is 36.3 Å². The van der Waals surface area contributed by atoms with E-state index < -0.39 is 17.5 Å². The van der Waals surface area contributed by atoms with Crippen LogP contribution in [0.25, 0.3) is 38.8 Å². The van der Waals surface area contributed by atoms with Crippen LogP contribution in [-0.2, 0) is 32.9 Å². The van der Waals surface area contributed by atoms with Gasteiger partial charge in [0, 0.05) is 73.5 Å². The molecule has 0 unspecified atom stereocenters. The molecule has 9 heteroatoms. The molecule has 0 N–H and O–H groups in total. The molecule has 5 nitrogen and oxygen atoms in total. The number of aryl methyl sites for hydroxylation is 1. The van der Waals surface area contributed by atoms with Crippen molar-refractivity contribution in [2.24, 2.45) is 0 Å². The molecule has 1 aliphatic heterocycles. The van der Waals surface area contributed by atoms with Crippen molar-refractivity contribution >= 4 is 44.6 Å². The summed E-state index contributed by atoms with van der Waals surface area (Å²) in [5, 5.41) is 2.16. The Labute approximate surface area is 388 Å². The maximum Gasteiger partial charge on any atom is 0.136 e. The molecule has 3 heterocycles. The van der Waals surface area contributed by atoms with Crippen molar-refractivity contribution in [2.45, 2.75) is 85.5 Å². The van der Waals surface area contributed by atoms with Crippen molar-refractivity contribution in [2.75, 3.05) is 9.80 Å². The van der Waals surface area contributed by atoms with Gasteiger partial charge in [-0.25, -0.2) is 18.2 Å². The van der Waals surface area contributed by atoms with E-state index in [1.54, 1.807) is 0 Å². The van der Waals surface area contributed by atoms with Gasteiger partial charge in [-0.2, -0.15) is 11.6 Å². The fraction of sp³-hybridized carbons (Fsp3) is 0.236. The van der Waals surface area contributed by atoms with Crippen molar-refractivity contribution in [3.05, 3.63) is 174 Å². The Balaban J connectivity index is 0.00000560. The first-order valence-corrected chi connectivity index (χ1v) is 21.7. The zero-order chi connectivity index (χ0) is 44.3. The standard InChI is InChI=1S/C55H50F3N4O.Pt/c1-9-14-35-23-39(30-41(24-35)63-40-19-20-43-42-15-10-11-16-48(42)62(51(43)31-40)52-27-37(21-22-59-52)55(6,7)8)60-32-61(50-18-13-12-17-49(50)60)54-44(33(2)3)25-36(26-45(54)34(4)5)53-46(57)28-38(56)29-47(53)58;/h10-13,15-29,32-34H,9,14H2,1-8H3;/q-3;. The topological polar surface area (TPSA) is 33.5 Å². The van der Waals surface area contributed by atoms with Gasteiger partial charge in [0.25, 0.3) is 0 Å². The van der Waals surface area contributed by atoms with E-state index in [2.05, 4.69) is 149 Å². The second-order valence-corrected chi connectivity index (χ2v) is 18.1. The second kappa shape index (κ2) is 17.6. The van der Waals surface area contributed by atoms with Gasteiger partial charge in [-0.1, -0.05) is 104 Å². The smallest absolute Gasteiger partial charge is 0.136 e. The Kier molecular flexibility index (Phi) is 12.3. The number of pyridine rings is 1. The minimum absolute atomic E-state index is 0. The molecule has 2 aromatic heterocycles. The van der Waals surface area contributed by atoms with Crippen LogP contribution in [0.15, 0.2) is 115 Å². The maximum absolute atomic E-state index is 15.3. The van der Waals surface area contributed by atoms with Gasteiger partial charge in [-0.05, 0) is 87.4 Å². The molecular formula is C55H50F3N4OPt-3. The van der Waals surface area contributed by atoms with E-state index in [1.165, 1.54) is 5.56 Å². The third-order valence-electron chi connectivity index (χ3n) is 11.9. The van der Waals surface area contributed by atoms with E-state index in [1.807, 2.05) is 42.6 Å². The molecule has 0 saturated carbocycles. The number of aromatic nitrogens is 2. The molecule has 0 amide bonds. The molecule has 0 radical (unpaired) electrons. The number of fused-ring (bicyclic) bond motifs is 4. The summed E-state index contributed by atoms with van der Waals surface area (Å²) in [7, 11) is 0. The molecule has 0 spiro atoms. The molecule has 64 heavy (non-hydrogen) atoms. The molecule has 1 aliphatic rings. The zero-order valence-electron chi connectivity index (χ0n) is 37.3. The first-order valence-electron chi connectivity index (χ1n) is 21.7. The van der Waals surface area contributed by atoms with Gasteiger partial charge in [-0.15, -0.1) is 48.1 Å². The summed E-state index contributed by atoms with van der Waals surface area (Å²) >= 11 is 0.